The normalized spacial score (nSPS) is 22.5. The Morgan fingerprint density at radius 1 is 0.796 bits per heavy atom. The summed E-state index contributed by atoms with van der Waals surface area (Å²) in [5.41, 5.74) is 1.24. The first-order valence-electron chi connectivity index (χ1n) is 34.8. The number of nitrogens with one attached hydrogen (secondary N) is 6. The predicted octanol–water partition coefficient (Wildman–Crippen LogP) is 4.78. The highest BCUT2D eigenvalue weighted by atomic mass is 32.1. The molecule has 0 radical (unpaired) electrons. The zero-order chi connectivity index (χ0) is 69.5. The van der Waals surface area contributed by atoms with E-state index in [2.05, 4.69) is 80.3 Å². The summed E-state index contributed by atoms with van der Waals surface area (Å²) in [6, 6.07) is 7.75. The molecule has 6 amide bonds. The van der Waals surface area contributed by atoms with E-state index >= 15 is 8.78 Å². The molecular formula is C70H98F3N15O9S. The summed E-state index contributed by atoms with van der Waals surface area (Å²) in [6.45, 7) is 22.2. The van der Waals surface area contributed by atoms with Gasteiger partial charge < -0.3 is 71.0 Å². The van der Waals surface area contributed by atoms with Gasteiger partial charge in [-0.15, -0.1) is 11.3 Å². The van der Waals surface area contributed by atoms with Gasteiger partial charge >= 0.3 is 0 Å². The van der Waals surface area contributed by atoms with Crippen molar-refractivity contribution in [2.24, 2.45) is 22.7 Å². The Kier molecular flexibility index (Phi) is 22.9. The van der Waals surface area contributed by atoms with E-state index in [9.17, 15) is 38.3 Å². The Bertz CT molecular complexity index is 3490. The first-order valence-corrected chi connectivity index (χ1v) is 35.7. The lowest BCUT2D eigenvalue weighted by Crippen LogP contribution is -2.66. The first kappa shape index (κ1) is 72.0. The van der Waals surface area contributed by atoms with Gasteiger partial charge in [-0.25, -0.2) is 28.1 Å². The summed E-state index contributed by atoms with van der Waals surface area (Å²) in [5, 5.41) is 28.6. The number of hydrogen-bond donors (Lipinski definition) is 7. The lowest BCUT2D eigenvalue weighted by atomic mass is 9.82. The molecular weight excluding hydrogens is 1280 g/mol. The van der Waals surface area contributed by atoms with Crippen LogP contribution in [0, 0.1) is 41.2 Å². The van der Waals surface area contributed by atoms with Crippen molar-refractivity contribution in [3.8, 4) is 16.2 Å². The molecule has 1 saturated carbocycles. The molecule has 11 rings (SSSR count). The standard InChI is InChI=1S/C70H98F3N15O9S/c1-45-62(98-44-80-45)46-8-9-47(33-77-64(93)55-30-51(89)39-88(55)65(94)63(67(2,3)4)81-66(95)70(73)11-12-70)56(29-46)97-41-61(92)76-19-26-96-27-25-85-37-49-35-84(36-50(49)38-85)20-10-59(90)75-18-7-17-74-57-32-58(79-43-78-57)86-23-15-69(16-24-86)42-87(40-60(91)82-69)54-31-52(71)48(28-53(54)72)34-83-21-13-68(5,6)14-22-83/h8-9,28-29,31-32,43-44,49-51,55,63,89H,7,10-27,30,33-42H2,1-6H3,(H,75,90)(H,76,92)(H,77,93)(H,81,95)(H,82,91)(H,74,78,79)/t49-,50+,51-,55+,63-/m1/s1. The van der Waals surface area contributed by atoms with Crippen LogP contribution in [0.5, 0.6) is 5.75 Å². The van der Waals surface area contributed by atoms with E-state index in [4.69, 9.17) is 9.47 Å². The van der Waals surface area contributed by atoms with Gasteiger partial charge in [0.2, 0.25) is 23.6 Å². The van der Waals surface area contributed by atoms with Gasteiger partial charge in [-0.1, -0.05) is 46.8 Å². The maximum absolute atomic E-state index is 15.8. The highest BCUT2D eigenvalue weighted by molar-refractivity contribution is 7.13. The van der Waals surface area contributed by atoms with Crippen molar-refractivity contribution in [1.29, 1.82) is 0 Å². The Morgan fingerprint density at radius 2 is 1.52 bits per heavy atom. The number of aliphatic hydroxyl groups excluding tert-OH is 1. The number of nitrogens with zero attached hydrogens (tertiary/aromatic N) is 9. The third-order valence-electron chi connectivity index (χ3n) is 20.6. The topological polar surface area (TPSA) is 271 Å². The van der Waals surface area contributed by atoms with E-state index in [-0.39, 0.29) is 80.9 Å². The van der Waals surface area contributed by atoms with Crippen molar-refractivity contribution in [3.63, 3.8) is 0 Å². The number of alkyl halides is 1. The third-order valence-corrected chi connectivity index (χ3v) is 21.6. The lowest BCUT2D eigenvalue weighted by Gasteiger charge is -2.48. The van der Waals surface area contributed by atoms with E-state index in [0.29, 0.717) is 119 Å². The molecule has 8 heterocycles. The number of piperidine rings is 2. The third kappa shape index (κ3) is 18.4. The quantitative estimate of drug-likeness (QED) is 0.0377. The van der Waals surface area contributed by atoms with Gasteiger partial charge in [0.1, 0.15) is 47.4 Å². The number of benzene rings is 2. The van der Waals surface area contributed by atoms with Gasteiger partial charge in [0.25, 0.3) is 11.8 Å². The molecule has 7 N–H and O–H groups in total. The van der Waals surface area contributed by atoms with Gasteiger partial charge in [0, 0.05) is 134 Å². The number of carbonyl (C=O) groups excluding carboxylic acids is 6. The predicted molar refractivity (Wildman–Crippen MR) is 366 cm³/mol. The maximum Gasteiger partial charge on any atom is 0.258 e. The van der Waals surface area contributed by atoms with Crippen LogP contribution in [0.25, 0.3) is 10.4 Å². The smallest absolute Gasteiger partial charge is 0.258 e. The zero-order valence-corrected chi connectivity index (χ0v) is 58.3. The number of aromatic nitrogens is 3. The fourth-order valence-corrected chi connectivity index (χ4v) is 15.3. The number of rotatable bonds is 28. The number of ether oxygens (including phenoxy) is 2. The molecule has 2 aromatic heterocycles. The van der Waals surface area contributed by atoms with Gasteiger partial charge in [0.15, 0.2) is 12.3 Å². The number of piperazine rings is 1. The molecule has 6 aliphatic heterocycles. The molecule has 5 atom stereocenters. The monoisotopic (exact) mass is 1380 g/mol. The van der Waals surface area contributed by atoms with Gasteiger partial charge in [0.05, 0.1) is 53.2 Å². The van der Waals surface area contributed by atoms with E-state index in [1.807, 2.05) is 19.1 Å². The molecule has 7 aliphatic rings. The van der Waals surface area contributed by atoms with Gasteiger partial charge in [-0.3, -0.25) is 33.7 Å². The molecule has 28 heteroatoms. The van der Waals surface area contributed by atoms with Crippen molar-refractivity contribution < 1.29 is 56.5 Å². The minimum absolute atomic E-state index is 0.0220. The SMILES string of the molecule is Cc1ncsc1-c1ccc(CNC(=O)[C@@H]2C[C@@H](O)CN2C(=O)[C@@H](NC(=O)C2(F)CC2)C(C)(C)C)c(OCC(=O)NCCOCCN2C[C@@H]3CN(CCC(=O)NCCCNc4cc(N5CCC6(CC5)CN(c5cc(F)c(CN7CCC(C)(C)CC7)cc5F)CC(=O)N6)ncn4)C[C@@H]3C2)c1. The second-order valence-corrected chi connectivity index (χ2v) is 30.7. The van der Waals surface area contributed by atoms with E-state index < -0.39 is 64.2 Å². The largest absolute Gasteiger partial charge is 0.483 e. The molecule has 2 aromatic carbocycles. The van der Waals surface area contributed by atoms with E-state index in [1.54, 1.807) is 43.3 Å². The summed E-state index contributed by atoms with van der Waals surface area (Å²) in [5.74, 6) is -0.650. The van der Waals surface area contributed by atoms with E-state index in [1.165, 1.54) is 34.7 Å². The molecule has 0 bridgehead atoms. The number of halogens is 3. The van der Waals surface area contributed by atoms with Crippen molar-refractivity contribution in [1.82, 2.24) is 61.1 Å². The number of thiazole rings is 1. The molecule has 1 aliphatic carbocycles. The summed E-state index contributed by atoms with van der Waals surface area (Å²) >= 11 is 1.46. The lowest BCUT2D eigenvalue weighted by molar-refractivity contribution is -0.145. The molecule has 4 aromatic rings. The maximum atomic E-state index is 15.8. The first-order chi connectivity index (χ1) is 46.8. The van der Waals surface area contributed by atoms with Crippen molar-refractivity contribution in [2.75, 3.05) is 140 Å². The molecule has 534 valence electrons. The summed E-state index contributed by atoms with van der Waals surface area (Å²) in [7, 11) is 0. The number of aryl methyl sites for hydroxylation is 1. The average molecular weight is 1380 g/mol. The van der Waals surface area contributed by atoms with Crippen LogP contribution in [-0.2, 0) is 46.6 Å². The Balaban J connectivity index is 0.538. The van der Waals surface area contributed by atoms with Crippen molar-refractivity contribution in [3.05, 3.63) is 76.7 Å². The van der Waals surface area contributed by atoms with E-state index in [0.717, 1.165) is 80.6 Å². The highest BCUT2D eigenvalue weighted by Crippen LogP contribution is 2.41. The molecule has 1 spiro atoms. The fourth-order valence-electron chi connectivity index (χ4n) is 14.5. The number of β-amino-alcohol motifs (C(OH)–C–C–N with tert-alkyl or cyclic N) is 1. The Labute approximate surface area is 576 Å². The number of anilines is 3. The minimum atomic E-state index is -2.00. The van der Waals surface area contributed by atoms with Crippen LogP contribution < -0.4 is 46.4 Å². The number of amides is 6. The molecule has 24 nitrogen and oxygen atoms in total. The average Bonchev–Trinajstić information content (AvgIpc) is 0.818. The number of fused-ring (bicyclic) bond motifs is 1. The molecule has 98 heavy (non-hydrogen) atoms. The molecule has 7 fully saturated rings. The number of likely N-dealkylation sites (tertiary alicyclic amines) is 4. The summed E-state index contributed by atoms with van der Waals surface area (Å²) in [4.78, 5) is 106. The van der Waals surface area contributed by atoms with Crippen LogP contribution in [0.3, 0.4) is 0 Å². The van der Waals surface area contributed by atoms with Crippen molar-refractivity contribution >= 4 is 64.1 Å². The highest BCUT2D eigenvalue weighted by Gasteiger charge is 2.54. The second-order valence-electron chi connectivity index (χ2n) is 29.9. The van der Waals surface area contributed by atoms with Gasteiger partial charge in [-0.2, -0.15) is 0 Å². The second kappa shape index (κ2) is 31.1. The number of aliphatic hydroxyl groups is 1. The number of hydrogen-bond acceptors (Lipinski definition) is 19. The Hall–Kier alpha value is -7.24. The molecule has 0 unspecified atom stereocenters. The van der Waals surface area contributed by atoms with Crippen LogP contribution in [0.15, 0.2) is 48.2 Å². The Morgan fingerprint density at radius 3 is 2.22 bits per heavy atom. The summed E-state index contributed by atoms with van der Waals surface area (Å²) in [6.07, 6.45) is 5.03. The summed E-state index contributed by atoms with van der Waals surface area (Å²) < 4.78 is 58.1. The fraction of sp³-hybridized carbons (Fsp3) is 0.643. The van der Waals surface area contributed by atoms with Crippen LogP contribution in [0.1, 0.15) is 109 Å². The minimum Gasteiger partial charge on any atom is -0.483 e. The van der Waals surface area contributed by atoms with Crippen LogP contribution in [0.2, 0.25) is 0 Å². The van der Waals surface area contributed by atoms with Crippen LogP contribution >= 0.6 is 11.3 Å². The van der Waals surface area contributed by atoms with Crippen molar-refractivity contribution in [2.45, 2.75) is 142 Å². The van der Waals surface area contributed by atoms with Gasteiger partial charge in [-0.05, 0) is 105 Å². The number of carbonyl (C=O) groups is 6. The zero-order valence-electron chi connectivity index (χ0n) is 57.5. The van der Waals surface area contributed by atoms with Crippen LogP contribution in [-0.4, -0.2) is 229 Å². The van der Waals surface area contributed by atoms with Crippen LogP contribution in [0.4, 0.5) is 30.5 Å². The molecule has 6 saturated heterocycles.